The van der Waals surface area contributed by atoms with E-state index in [1.165, 1.54) is 0 Å². The topological polar surface area (TPSA) is 67.9 Å². The molecule has 2 amide bonds. The van der Waals surface area contributed by atoms with Crippen LogP contribution in [0.3, 0.4) is 0 Å². The predicted molar refractivity (Wildman–Crippen MR) is 113 cm³/mol. The second-order valence-electron chi connectivity index (χ2n) is 7.43. The number of hydrogen-bond donors (Lipinski definition) is 1. The molecule has 29 heavy (non-hydrogen) atoms. The zero-order valence-corrected chi connectivity index (χ0v) is 17.5. The van der Waals surface area contributed by atoms with Gasteiger partial charge in [0, 0.05) is 25.2 Å². The van der Waals surface area contributed by atoms with Gasteiger partial charge in [-0.1, -0.05) is 18.2 Å². The Hall–Kier alpha value is -3.02. The first-order valence-electron chi connectivity index (χ1n) is 9.79. The second kappa shape index (κ2) is 8.99. The molecule has 0 aromatic heterocycles. The van der Waals surface area contributed by atoms with Crippen LogP contribution < -0.4 is 19.7 Å². The summed E-state index contributed by atoms with van der Waals surface area (Å²) >= 11 is 0. The van der Waals surface area contributed by atoms with Gasteiger partial charge < -0.3 is 19.7 Å². The Morgan fingerprint density at radius 1 is 1.10 bits per heavy atom. The van der Waals surface area contributed by atoms with Gasteiger partial charge in [0.25, 0.3) is 0 Å². The van der Waals surface area contributed by atoms with Crippen molar-refractivity contribution >= 4 is 17.5 Å². The summed E-state index contributed by atoms with van der Waals surface area (Å²) in [5.74, 6) is 0.941. The number of ether oxygens (including phenoxy) is 2. The smallest absolute Gasteiger partial charge is 0.227 e. The van der Waals surface area contributed by atoms with Gasteiger partial charge >= 0.3 is 0 Å². The summed E-state index contributed by atoms with van der Waals surface area (Å²) in [5.41, 5.74) is 4.08. The van der Waals surface area contributed by atoms with Crippen LogP contribution in [0.1, 0.15) is 23.1 Å². The standard InChI is InChI=1S/C23H28N2O4/c1-15-5-6-16(2)19(11-15)25-14-18(13-22(25)26)23(27)24-10-9-17-7-8-20(28-3)21(12-17)29-4/h5-8,11-12,18H,9-10,13-14H2,1-4H3,(H,24,27). The number of amides is 2. The van der Waals surface area contributed by atoms with Crippen molar-refractivity contribution in [3.8, 4) is 11.5 Å². The van der Waals surface area contributed by atoms with Gasteiger partial charge in [0.2, 0.25) is 11.8 Å². The molecule has 1 unspecified atom stereocenters. The molecule has 0 saturated carbocycles. The van der Waals surface area contributed by atoms with Crippen molar-refractivity contribution in [2.24, 2.45) is 5.92 Å². The average molecular weight is 396 g/mol. The van der Waals surface area contributed by atoms with Gasteiger partial charge in [-0.05, 0) is 55.2 Å². The third-order valence-corrected chi connectivity index (χ3v) is 5.31. The van der Waals surface area contributed by atoms with Crippen LogP contribution in [-0.2, 0) is 16.0 Å². The number of aryl methyl sites for hydroxylation is 2. The fraction of sp³-hybridized carbons (Fsp3) is 0.391. The molecule has 1 aliphatic heterocycles. The van der Waals surface area contributed by atoms with Gasteiger partial charge in [0.05, 0.1) is 20.1 Å². The zero-order valence-electron chi connectivity index (χ0n) is 17.5. The normalized spacial score (nSPS) is 16.1. The Kier molecular flexibility index (Phi) is 6.42. The first kappa shape index (κ1) is 20.7. The summed E-state index contributed by atoms with van der Waals surface area (Å²) in [5, 5.41) is 2.97. The van der Waals surface area contributed by atoms with Crippen LogP contribution in [-0.4, -0.2) is 39.1 Å². The molecule has 1 aliphatic rings. The molecule has 1 fully saturated rings. The molecule has 0 bridgehead atoms. The fourth-order valence-electron chi connectivity index (χ4n) is 3.64. The van der Waals surface area contributed by atoms with E-state index in [1.807, 2.05) is 50.2 Å². The lowest BCUT2D eigenvalue weighted by Crippen LogP contribution is -2.34. The summed E-state index contributed by atoms with van der Waals surface area (Å²) in [7, 11) is 3.20. The van der Waals surface area contributed by atoms with Crippen LogP contribution in [0, 0.1) is 19.8 Å². The monoisotopic (exact) mass is 396 g/mol. The zero-order chi connectivity index (χ0) is 21.0. The van der Waals surface area contributed by atoms with Crippen LogP contribution in [0.5, 0.6) is 11.5 Å². The summed E-state index contributed by atoms with van der Waals surface area (Å²) in [6.07, 6.45) is 0.920. The minimum absolute atomic E-state index is 0.00117. The molecule has 1 heterocycles. The third kappa shape index (κ3) is 4.70. The minimum atomic E-state index is -0.326. The van der Waals surface area contributed by atoms with Crippen molar-refractivity contribution in [3.63, 3.8) is 0 Å². The van der Waals surface area contributed by atoms with Gasteiger partial charge in [-0.25, -0.2) is 0 Å². The fourth-order valence-corrected chi connectivity index (χ4v) is 3.64. The molecule has 6 nitrogen and oxygen atoms in total. The van der Waals surface area contributed by atoms with Gasteiger partial charge in [-0.3, -0.25) is 9.59 Å². The molecule has 0 radical (unpaired) electrons. The van der Waals surface area contributed by atoms with Gasteiger partial charge in [-0.15, -0.1) is 0 Å². The average Bonchev–Trinajstić information content (AvgIpc) is 3.11. The Bertz CT molecular complexity index is 910. The number of methoxy groups -OCH3 is 2. The molecule has 2 aromatic rings. The molecule has 1 N–H and O–H groups in total. The number of rotatable bonds is 7. The van der Waals surface area contributed by atoms with Crippen molar-refractivity contribution in [2.75, 3.05) is 32.2 Å². The lowest BCUT2D eigenvalue weighted by molar-refractivity contribution is -0.126. The molecule has 2 aromatic carbocycles. The maximum absolute atomic E-state index is 12.6. The van der Waals surface area contributed by atoms with E-state index in [9.17, 15) is 9.59 Å². The van der Waals surface area contributed by atoms with Crippen LogP contribution in [0.15, 0.2) is 36.4 Å². The van der Waals surface area contributed by atoms with E-state index >= 15 is 0 Å². The Morgan fingerprint density at radius 2 is 1.86 bits per heavy atom. The summed E-state index contributed by atoms with van der Waals surface area (Å²) in [6.45, 7) is 4.91. The number of carbonyl (C=O) groups is 2. The van der Waals surface area contributed by atoms with Gasteiger partial charge in [-0.2, -0.15) is 0 Å². The largest absolute Gasteiger partial charge is 0.493 e. The minimum Gasteiger partial charge on any atom is -0.493 e. The van der Waals surface area contributed by atoms with Crippen LogP contribution in [0.25, 0.3) is 0 Å². The molecule has 6 heteroatoms. The number of anilines is 1. The lowest BCUT2D eigenvalue weighted by atomic mass is 10.1. The predicted octanol–water partition coefficient (Wildman–Crippen LogP) is 3.03. The van der Waals surface area contributed by atoms with Gasteiger partial charge in [0.15, 0.2) is 11.5 Å². The Balaban J connectivity index is 1.57. The Morgan fingerprint density at radius 3 is 2.59 bits per heavy atom. The van der Waals surface area contributed by atoms with E-state index in [2.05, 4.69) is 5.32 Å². The SMILES string of the molecule is COc1ccc(CCNC(=O)C2CC(=O)N(c3cc(C)ccc3C)C2)cc1OC. The first-order valence-corrected chi connectivity index (χ1v) is 9.79. The van der Waals surface area contributed by atoms with Gasteiger partial charge in [0.1, 0.15) is 0 Å². The summed E-state index contributed by atoms with van der Waals surface area (Å²) < 4.78 is 10.6. The van der Waals surface area contributed by atoms with Crippen molar-refractivity contribution in [2.45, 2.75) is 26.7 Å². The second-order valence-corrected chi connectivity index (χ2v) is 7.43. The van der Waals surface area contributed by atoms with Crippen LogP contribution in [0.4, 0.5) is 5.69 Å². The molecular formula is C23H28N2O4. The molecule has 0 spiro atoms. The van der Waals surface area contributed by atoms with E-state index in [-0.39, 0.29) is 24.2 Å². The summed E-state index contributed by atoms with van der Waals surface area (Å²) in [4.78, 5) is 26.8. The van der Waals surface area contributed by atoms with Crippen LogP contribution in [0.2, 0.25) is 0 Å². The number of carbonyl (C=O) groups excluding carboxylic acids is 2. The van der Waals surface area contributed by atoms with E-state index < -0.39 is 0 Å². The van der Waals surface area contributed by atoms with E-state index in [1.54, 1.807) is 19.1 Å². The highest BCUT2D eigenvalue weighted by Gasteiger charge is 2.35. The highest BCUT2D eigenvalue weighted by molar-refractivity contribution is 6.00. The van der Waals surface area contributed by atoms with Crippen molar-refractivity contribution in [3.05, 3.63) is 53.1 Å². The molecule has 1 saturated heterocycles. The molecule has 1 atom stereocenters. The highest BCUT2D eigenvalue weighted by atomic mass is 16.5. The molecule has 154 valence electrons. The highest BCUT2D eigenvalue weighted by Crippen LogP contribution is 2.29. The molecular weight excluding hydrogens is 368 g/mol. The Labute approximate surface area is 171 Å². The lowest BCUT2D eigenvalue weighted by Gasteiger charge is -2.19. The van der Waals surface area contributed by atoms with Crippen molar-refractivity contribution in [1.82, 2.24) is 5.32 Å². The maximum Gasteiger partial charge on any atom is 0.227 e. The number of hydrogen-bond acceptors (Lipinski definition) is 4. The van der Waals surface area contributed by atoms with Crippen molar-refractivity contribution in [1.29, 1.82) is 0 Å². The molecule has 3 rings (SSSR count). The van der Waals surface area contributed by atoms with Crippen LogP contribution >= 0.6 is 0 Å². The van der Waals surface area contributed by atoms with E-state index in [0.29, 0.717) is 31.0 Å². The number of benzene rings is 2. The quantitative estimate of drug-likeness (QED) is 0.781. The van der Waals surface area contributed by atoms with Crippen molar-refractivity contribution < 1.29 is 19.1 Å². The first-order chi connectivity index (χ1) is 13.9. The van der Waals surface area contributed by atoms with E-state index in [4.69, 9.17) is 9.47 Å². The summed E-state index contributed by atoms with van der Waals surface area (Å²) in [6, 6.07) is 11.8. The maximum atomic E-state index is 12.6. The number of nitrogens with one attached hydrogen (secondary N) is 1. The molecule has 0 aliphatic carbocycles. The van der Waals surface area contributed by atoms with E-state index in [0.717, 1.165) is 22.4 Å². The third-order valence-electron chi connectivity index (χ3n) is 5.31. The number of nitrogens with zero attached hydrogens (tertiary/aromatic N) is 1.